The Labute approximate surface area is 115 Å². The van der Waals surface area contributed by atoms with Crippen molar-refractivity contribution < 1.29 is 9.59 Å². The number of hydrogen-bond donors (Lipinski definition) is 3. The number of nitrogen functional groups attached to an aromatic ring is 1. The summed E-state index contributed by atoms with van der Waals surface area (Å²) in [4.78, 5) is 25.6. The maximum Gasteiger partial charge on any atom is 0.275 e. The molecule has 2 rings (SSSR count). The molecule has 1 aliphatic heterocycles. The Bertz CT molecular complexity index is 474. The molecule has 2 heterocycles. The Hall–Kier alpha value is -1.44. The molecule has 104 valence electrons. The van der Waals surface area contributed by atoms with Crippen LogP contribution in [-0.2, 0) is 11.3 Å². The van der Waals surface area contributed by atoms with Crippen molar-refractivity contribution in [3.8, 4) is 0 Å². The Morgan fingerprint density at radius 3 is 3.00 bits per heavy atom. The SMILES string of the molecule is NNC(=O)c1sccc1CN1CCCC(C(N)=O)C1. The number of primary amides is 1. The van der Waals surface area contributed by atoms with Gasteiger partial charge in [0.1, 0.15) is 0 Å². The molecule has 1 saturated heterocycles. The number of likely N-dealkylation sites (tertiary alicyclic amines) is 1. The van der Waals surface area contributed by atoms with Crippen molar-refractivity contribution in [3.63, 3.8) is 0 Å². The molecule has 0 saturated carbocycles. The predicted octanol–water partition coefficient (Wildman–Crippen LogP) is 0.0489. The largest absolute Gasteiger partial charge is 0.369 e. The van der Waals surface area contributed by atoms with Crippen LogP contribution in [0.5, 0.6) is 0 Å². The number of rotatable bonds is 4. The minimum absolute atomic E-state index is 0.0841. The average Bonchev–Trinajstić information content (AvgIpc) is 2.86. The Kier molecular flexibility index (Phi) is 4.52. The summed E-state index contributed by atoms with van der Waals surface area (Å²) in [5, 5.41) is 1.87. The van der Waals surface area contributed by atoms with E-state index >= 15 is 0 Å². The van der Waals surface area contributed by atoms with Gasteiger partial charge in [-0.2, -0.15) is 0 Å². The van der Waals surface area contributed by atoms with Crippen molar-refractivity contribution in [2.24, 2.45) is 17.5 Å². The van der Waals surface area contributed by atoms with Gasteiger partial charge in [-0.15, -0.1) is 11.3 Å². The average molecular weight is 282 g/mol. The number of nitrogens with one attached hydrogen (secondary N) is 1. The smallest absolute Gasteiger partial charge is 0.275 e. The van der Waals surface area contributed by atoms with Crippen LogP contribution < -0.4 is 17.0 Å². The number of hydrogen-bond acceptors (Lipinski definition) is 5. The van der Waals surface area contributed by atoms with Crippen molar-refractivity contribution in [3.05, 3.63) is 21.9 Å². The number of thiophene rings is 1. The van der Waals surface area contributed by atoms with Crippen LogP contribution in [0.2, 0.25) is 0 Å². The summed E-state index contributed by atoms with van der Waals surface area (Å²) >= 11 is 1.37. The van der Waals surface area contributed by atoms with Crippen LogP contribution >= 0.6 is 11.3 Å². The van der Waals surface area contributed by atoms with E-state index in [9.17, 15) is 9.59 Å². The zero-order valence-electron chi connectivity index (χ0n) is 10.6. The Morgan fingerprint density at radius 1 is 1.53 bits per heavy atom. The molecule has 0 bridgehead atoms. The summed E-state index contributed by atoms with van der Waals surface area (Å²) < 4.78 is 0. The van der Waals surface area contributed by atoms with Crippen molar-refractivity contribution in [2.75, 3.05) is 13.1 Å². The second-order valence-corrected chi connectivity index (χ2v) is 5.64. The van der Waals surface area contributed by atoms with E-state index in [1.54, 1.807) is 0 Å². The Balaban J connectivity index is 2.03. The van der Waals surface area contributed by atoms with Gasteiger partial charge < -0.3 is 5.73 Å². The first-order valence-corrected chi connectivity index (χ1v) is 7.08. The zero-order chi connectivity index (χ0) is 13.8. The highest BCUT2D eigenvalue weighted by Gasteiger charge is 2.25. The lowest BCUT2D eigenvalue weighted by Crippen LogP contribution is -2.41. The molecule has 1 aromatic heterocycles. The molecule has 1 unspecified atom stereocenters. The summed E-state index contributed by atoms with van der Waals surface area (Å²) in [5.41, 5.74) is 8.45. The monoisotopic (exact) mass is 282 g/mol. The predicted molar refractivity (Wildman–Crippen MR) is 73.2 cm³/mol. The van der Waals surface area contributed by atoms with Gasteiger partial charge >= 0.3 is 0 Å². The molecule has 1 aromatic rings. The third kappa shape index (κ3) is 3.31. The van der Waals surface area contributed by atoms with Crippen LogP contribution in [0, 0.1) is 5.92 Å². The van der Waals surface area contributed by atoms with Gasteiger partial charge in [0.25, 0.3) is 5.91 Å². The molecule has 19 heavy (non-hydrogen) atoms. The van der Waals surface area contributed by atoms with E-state index in [-0.39, 0.29) is 17.7 Å². The van der Waals surface area contributed by atoms with E-state index in [1.165, 1.54) is 11.3 Å². The maximum absolute atomic E-state index is 11.6. The number of nitrogens with two attached hydrogens (primary N) is 2. The molecule has 1 atom stereocenters. The van der Waals surface area contributed by atoms with Crippen molar-refractivity contribution in [2.45, 2.75) is 19.4 Å². The Morgan fingerprint density at radius 2 is 2.32 bits per heavy atom. The summed E-state index contributed by atoms with van der Waals surface area (Å²) in [7, 11) is 0. The molecule has 1 aliphatic rings. The lowest BCUT2D eigenvalue weighted by Gasteiger charge is -2.31. The van der Waals surface area contributed by atoms with Gasteiger partial charge in [0, 0.05) is 13.1 Å². The van der Waals surface area contributed by atoms with E-state index in [0.717, 1.165) is 24.9 Å². The van der Waals surface area contributed by atoms with Gasteiger partial charge in [-0.3, -0.25) is 19.9 Å². The van der Waals surface area contributed by atoms with E-state index in [1.807, 2.05) is 11.4 Å². The highest BCUT2D eigenvalue weighted by atomic mass is 32.1. The van der Waals surface area contributed by atoms with Crippen molar-refractivity contribution in [1.29, 1.82) is 0 Å². The number of carbonyl (C=O) groups excluding carboxylic acids is 2. The number of nitrogens with zero attached hydrogens (tertiary/aromatic N) is 1. The molecule has 0 aromatic carbocycles. The number of hydrazine groups is 1. The first kappa shape index (κ1) is 14.0. The molecule has 1 fully saturated rings. The van der Waals surface area contributed by atoms with E-state index in [4.69, 9.17) is 11.6 Å². The van der Waals surface area contributed by atoms with Gasteiger partial charge in [0.05, 0.1) is 10.8 Å². The first-order valence-electron chi connectivity index (χ1n) is 6.20. The zero-order valence-corrected chi connectivity index (χ0v) is 11.4. The molecular weight excluding hydrogens is 264 g/mol. The van der Waals surface area contributed by atoms with E-state index in [0.29, 0.717) is 18.0 Å². The molecular formula is C12H18N4O2S. The fourth-order valence-corrected chi connectivity index (χ4v) is 3.22. The van der Waals surface area contributed by atoms with Gasteiger partial charge in [-0.1, -0.05) is 0 Å². The summed E-state index contributed by atoms with van der Waals surface area (Å²) in [6, 6.07) is 1.92. The van der Waals surface area contributed by atoms with Gasteiger partial charge in [0.2, 0.25) is 5.91 Å². The topological polar surface area (TPSA) is 101 Å². The summed E-state index contributed by atoms with van der Waals surface area (Å²) in [5.74, 6) is 4.56. The van der Waals surface area contributed by atoms with Crippen LogP contribution in [-0.4, -0.2) is 29.8 Å². The third-order valence-corrected chi connectivity index (χ3v) is 4.34. The molecule has 2 amide bonds. The minimum atomic E-state index is -0.270. The molecule has 0 aliphatic carbocycles. The van der Waals surface area contributed by atoms with Crippen molar-refractivity contribution >= 4 is 23.2 Å². The third-order valence-electron chi connectivity index (χ3n) is 3.39. The second kappa shape index (κ2) is 6.14. The second-order valence-electron chi connectivity index (χ2n) is 4.73. The normalized spacial score (nSPS) is 20.2. The lowest BCUT2D eigenvalue weighted by molar-refractivity contribution is -0.123. The maximum atomic E-state index is 11.6. The number of amides is 2. The van der Waals surface area contributed by atoms with Crippen LogP contribution in [0.3, 0.4) is 0 Å². The number of piperidine rings is 1. The molecule has 5 N–H and O–H groups in total. The highest BCUT2D eigenvalue weighted by Crippen LogP contribution is 2.22. The van der Waals surface area contributed by atoms with Crippen LogP contribution in [0.1, 0.15) is 28.1 Å². The summed E-state index contributed by atoms with van der Waals surface area (Å²) in [6.07, 6.45) is 1.81. The molecule has 0 radical (unpaired) electrons. The van der Waals surface area contributed by atoms with E-state index in [2.05, 4.69) is 10.3 Å². The fourth-order valence-electron chi connectivity index (χ4n) is 2.40. The van der Waals surface area contributed by atoms with Crippen LogP contribution in [0.15, 0.2) is 11.4 Å². The quantitative estimate of drug-likeness (QED) is 0.412. The summed E-state index contributed by atoms with van der Waals surface area (Å²) in [6.45, 7) is 2.23. The standard InChI is InChI=1S/C12H18N4O2S/c13-11(17)9-2-1-4-16(7-9)6-8-3-5-19-10(8)12(18)15-14/h3,5,9H,1-2,4,6-7,14H2,(H2,13,17)(H,15,18). The van der Waals surface area contributed by atoms with Crippen LogP contribution in [0.4, 0.5) is 0 Å². The lowest BCUT2D eigenvalue weighted by atomic mass is 9.97. The first-order chi connectivity index (χ1) is 9.11. The van der Waals surface area contributed by atoms with Crippen LogP contribution in [0.25, 0.3) is 0 Å². The van der Waals surface area contributed by atoms with Crippen molar-refractivity contribution in [1.82, 2.24) is 10.3 Å². The molecule has 7 heteroatoms. The van der Waals surface area contributed by atoms with Gasteiger partial charge in [-0.25, -0.2) is 5.84 Å². The minimum Gasteiger partial charge on any atom is -0.369 e. The van der Waals surface area contributed by atoms with Gasteiger partial charge in [0.15, 0.2) is 0 Å². The molecule has 6 nitrogen and oxygen atoms in total. The van der Waals surface area contributed by atoms with Gasteiger partial charge in [-0.05, 0) is 36.4 Å². The van der Waals surface area contributed by atoms with E-state index < -0.39 is 0 Å². The number of carbonyl (C=O) groups is 2. The highest BCUT2D eigenvalue weighted by molar-refractivity contribution is 7.12. The fraction of sp³-hybridized carbons (Fsp3) is 0.500. The molecule has 0 spiro atoms.